The molecule has 3 aromatic rings. The number of likely N-dealkylation sites (tertiary alicyclic amines) is 1. The van der Waals surface area contributed by atoms with Crippen LogP contribution in [0.4, 0.5) is 0 Å². The number of benzene rings is 3. The molecule has 3 aromatic carbocycles. The van der Waals surface area contributed by atoms with Crippen LogP contribution < -0.4 is 4.74 Å². The summed E-state index contributed by atoms with van der Waals surface area (Å²) in [6, 6.07) is 20.3. The molecule has 1 saturated carbocycles. The van der Waals surface area contributed by atoms with Gasteiger partial charge in [-0.2, -0.15) is 0 Å². The maximum absolute atomic E-state index is 13.5. The van der Waals surface area contributed by atoms with Gasteiger partial charge in [0.25, 0.3) is 0 Å². The van der Waals surface area contributed by atoms with Crippen LogP contribution in [0.25, 0.3) is 10.8 Å². The first-order chi connectivity index (χ1) is 17.9. The fourth-order valence-electron chi connectivity index (χ4n) is 6.68. The van der Waals surface area contributed by atoms with E-state index >= 15 is 0 Å². The smallest absolute Gasteiger partial charge is 0.233 e. The summed E-state index contributed by atoms with van der Waals surface area (Å²) in [5.41, 5.74) is 0.845. The number of rotatable bonds is 6. The minimum atomic E-state index is -1.63. The Morgan fingerprint density at radius 2 is 1.70 bits per heavy atom. The van der Waals surface area contributed by atoms with Gasteiger partial charge in [-0.1, -0.05) is 55.5 Å². The van der Waals surface area contributed by atoms with Crippen LogP contribution in [0.3, 0.4) is 0 Å². The number of phenols is 1. The fraction of sp³-hybridized carbons (Fsp3) is 0.400. The number of imide groups is 1. The third-order valence-electron chi connectivity index (χ3n) is 8.38. The molecule has 37 heavy (non-hydrogen) atoms. The second kappa shape index (κ2) is 9.15. The molecule has 2 aliphatic heterocycles. The SMILES string of the molecule is CCCN1C(=O)[C@H]2[C@H](C[C@H](COc3ccccc3)[C@@]3(O)O[C@H](c4ccc(O)c5ccccc45)C[C@@H]23)C1=O. The van der Waals surface area contributed by atoms with Gasteiger partial charge in [0, 0.05) is 23.8 Å². The topological polar surface area (TPSA) is 96.3 Å². The molecule has 2 amide bonds. The zero-order valence-electron chi connectivity index (χ0n) is 20.7. The first-order valence-corrected chi connectivity index (χ1v) is 13.1. The number of hydrogen-bond acceptors (Lipinski definition) is 6. The predicted octanol–water partition coefficient (Wildman–Crippen LogP) is 4.42. The Morgan fingerprint density at radius 1 is 0.973 bits per heavy atom. The second-order valence-electron chi connectivity index (χ2n) is 10.4. The lowest BCUT2D eigenvalue weighted by Crippen LogP contribution is -2.55. The van der Waals surface area contributed by atoms with Crippen molar-refractivity contribution in [1.82, 2.24) is 4.90 Å². The normalized spacial score (nSPS) is 31.0. The first kappa shape index (κ1) is 23.9. The van der Waals surface area contributed by atoms with Crippen LogP contribution in [-0.2, 0) is 14.3 Å². The molecule has 1 aliphatic carbocycles. The van der Waals surface area contributed by atoms with E-state index in [1.165, 1.54) is 4.90 Å². The van der Waals surface area contributed by atoms with Crippen molar-refractivity contribution in [2.45, 2.75) is 38.1 Å². The Morgan fingerprint density at radius 3 is 2.46 bits per heavy atom. The summed E-state index contributed by atoms with van der Waals surface area (Å²) in [5, 5.41) is 24.1. The lowest BCUT2D eigenvalue weighted by molar-refractivity contribution is -0.272. The summed E-state index contributed by atoms with van der Waals surface area (Å²) in [6.45, 7) is 2.49. The highest BCUT2D eigenvalue weighted by atomic mass is 16.6. The van der Waals surface area contributed by atoms with E-state index in [0.29, 0.717) is 36.9 Å². The Balaban J connectivity index is 1.38. The highest BCUT2D eigenvalue weighted by Gasteiger charge is 2.66. The number of hydrogen-bond donors (Lipinski definition) is 2. The van der Waals surface area contributed by atoms with Crippen molar-refractivity contribution in [3.8, 4) is 11.5 Å². The van der Waals surface area contributed by atoms with Crippen LogP contribution in [0.2, 0.25) is 0 Å². The molecule has 0 spiro atoms. The van der Waals surface area contributed by atoms with Crippen LogP contribution >= 0.6 is 0 Å². The molecule has 192 valence electrons. The van der Waals surface area contributed by atoms with Crippen molar-refractivity contribution < 1.29 is 29.3 Å². The van der Waals surface area contributed by atoms with E-state index in [1.54, 1.807) is 6.07 Å². The quantitative estimate of drug-likeness (QED) is 0.486. The van der Waals surface area contributed by atoms with Crippen molar-refractivity contribution in [2.75, 3.05) is 13.2 Å². The molecule has 0 aromatic heterocycles. The first-order valence-electron chi connectivity index (χ1n) is 13.1. The fourth-order valence-corrected chi connectivity index (χ4v) is 6.68. The molecule has 2 N–H and O–H groups in total. The summed E-state index contributed by atoms with van der Waals surface area (Å²) >= 11 is 0. The minimum Gasteiger partial charge on any atom is -0.507 e. The molecule has 0 radical (unpaired) electrons. The van der Waals surface area contributed by atoms with Gasteiger partial charge in [-0.05, 0) is 48.4 Å². The van der Waals surface area contributed by atoms with E-state index in [4.69, 9.17) is 9.47 Å². The van der Waals surface area contributed by atoms with Gasteiger partial charge >= 0.3 is 0 Å². The third kappa shape index (κ3) is 3.80. The molecule has 7 nitrogen and oxygen atoms in total. The van der Waals surface area contributed by atoms with Crippen LogP contribution in [0.15, 0.2) is 66.7 Å². The molecule has 0 unspecified atom stereocenters. The van der Waals surface area contributed by atoms with Gasteiger partial charge in [0.05, 0.1) is 24.5 Å². The van der Waals surface area contributed by atoms with Crippen molar-refractivity contribution in [3.05, 3.63) is 72.3 Å². The number of fused-ring (bicyclic) bond motifs is 4. The summed E-state index contributed by atoms with van der Waals surface area (Å²) < 4.78 is 12.5. The van der Waals surface area contributed by atoms with Gasteiger partial charge in [0.2, 0.25) is 11.8 Å². The lowest BCUT2D eigenvalue weighted by atomic mass is 9.64. The van der Waals surface area contributed by atoms with E-state index < -0.39 is 35.6 Å². The summed E-state index contributed by atoms with van der Waals surface area (Å²) in [5.74, 6) is -3.29. The van der Waals surface area contributed by atoms with Gasteiger partial charge in [0.15, 0.2) is 5.79 Å². The molecule has 3 aliphatic rings. The van der Waals surface area contributed by atoms with Crippen LogP contribution in [0.1, 0.15) is 37.9 Å². The van der Waals surface area contributed by atoms with Crippen LogP contribution in [0, 0.1) is 23.7 Å². The van der Waals surface area contributed by atoms with Crippen LogP contribution in [0.5, 0.6) is 11.5 Å². The maximum Gasteiger partial charge on any atom is 0.233 e. The van der Waals surface area contributed by atoms with Gasteiger partial charge < -0.3 is 19.7 Å². The average Bonchev–Trinajstić information content (AvgIpc) is 3.38. The van der Waals surface area contributed by atoms with E-state index in [2.05, 4.69) is 0 Å². The van der Waals surface area contributed by atoms with Gasteiger partial charge in [0.1, 0.15) is 11.5 Å². The molecule has 7 heteroatoms. The Hall–Kier alpha value is -3.42. The second-order valence-corrected chi connectivity index (χ2v) is 10.4. The monoisotopic (exact) mass is 501 g/mol. The lowest BCUT2D eigenvalue weighted by Gasteiger charge is -2.44. The van der Waals surface area contributed by atoms with Crippen molar-refractivity contribution >= 4 is 22.6 Å². The predicted molar refractivity (Wildman–Crippen MR) is 137 cm³/mol. The highest BCUT2D eigenvalue weighted by Crippen LogP contribution is 2.58. The van der Waals surface area contributed by atoms with Crippen LogP contribution in [-0.4, -0.2) is 45.9 Å². The summed E-state index contributed by atoms with van der Waals surface area (Å²) in [4.78, 5) is 28.2. The van der Waals surface area contributed by atoms with Crippen molar-refractivity contribution in [3.63, 3.8) is 0 Å². The van der Waals surface area contributed by atoms with E-state index in [1.807, 2.05) is 67.6 Å². The molecule has 2 heterocycles. The zero-order chi connectivity index (χ0) is 25.7. The number of carbonyl (C=O) groups is 2. The number of amides is 2. The molecule has 6 atom stereocenters. The number of phenolic OH excluding ortho intramolecular Hbond substituents is 1. The maximum atomic E-state index is 13.5. The van der Waals surface area contributed by atoms with Crippen molar-refractivity contribution in [2.24, 2.45) is 23.7 Å². The minimum absolute atomic E-state index is 0.151. The van der Waals surface area contributed by atoms with E-state index in [-0.39, 0.29) is 24.2 Å². The average molecular weight is 502 g/mol. The number of carbonyl (C=O) groups excluding carboxylic acids is 2. The van der Waals surface area contributed by atoms with Gasteiger partial charge in [-0.15, -0.1) is 0 Å². The van der Waals surface area contributed by atoms with Gasteiger partial charge in [-0.25, -0.2) is 0 Å². The van der Waals surface area contributed by atoms with E-state index in [9.17, 15) is 19.8 Å². The van der Waals surface area contributed by atoms with Gasteiger partial charge in [-0.3, -0.25) is 14.5 Å². The molecule has 6 rings (SSSR count). The molecule has 0 bridgehead atoms. The standard InChI is InChI=1S/C30H31NO6/c1-2-14-31-28(33)23-15-18(17-36-19-8-4-3-5-9-19)30(35)24(27(23)29(31)34)16-26(37-30)22-12-13-25(32)21-11-7-6-10-20(21)22/h3-13,18,23-24,26-27,32,35H,2,14-17H2,1H3/t18-,23+,24+,26+,27+,30-/m1/s1. The molecular formula is C30H31NO6. The Kier molecular flexibility index (Phi) is 5.92. The van der Waals surface area contributed by atoms with Crippen molar-refractivity contribution in [1.29, 1.82) is 0 Å². The Bertz CT molecular complexity index is 1340. The number of aliphatic hydroxyl groups is 1. The number of aromatic hydroxyl groups is 1. The highest BCUT2D eigenvalue weighted by molar-refractivity contribution is 6.05. The third-order valence-corrected chi connectivity index (χ3v) is 8.38. The largest absolute Gasteiger partial charge is 0.507 e. The number of para-hydroxylation sites is 1. The molecule has 3 fully saturated rings. The summed E-state index contributed by atoms with van der Waals surface area (Å²) in [6.07, 6.45) is 0.901. The molecular weight excluding hydrogens is 470 g/mol. The Labute approximate surface area is 215 Å². The summed E-state index contributed by atoms with van der Waals surface area (Å²) in [7, 11) is 0. The molecule has 2 saturated heterocycles. The number of nitrogens with zero attached hydrogens (tertiary/aromatic N) is 1. The zero-order valence-corrected chi connectivity index (χ0v) is 20.7. The van der Waals surface area contributed by atoms with E-state index in [0.717, 1.165) is 10.9 Å². The number of ether oxygens (including phenoxy) is 2.